The summed E-state index contributed by atoms with van der Waals surface area (Å²) in [7, 11) is 0. The first-order chi connectivity index (χ1) is 8.02. The second-order valence-corrected chi connectivity index (χ2v) is 4.79. The maximum absolute atomic E-state index is 11.9. The van der Waals surface area contributed by atoms with Crippen LogP contribution in [0.1, 0.15) is 39.5 Å². The van der Waals surface area contributed by atoms with Crippen LogP contribution in [-0.2, 0) is 9.59 Å². The Hall–Kier alpha value is -1.10. The fourth-order valence-corrected chi connectivity index (χ4v) is 2.18. The van der Waals surface area contributed by atoms with Crippen molar-refractivity contribution in [3.63, 3.8) is 0 Å². The Labute approximate surface area is 102 Å². The summed E-state index contributed by atoms with van der Waals surface area (Å²) in [6.45, 7) is 5.17. The maximum Gasteiger partial charge on any atom is 0.329 e. The van der Waals surface area contributed by atoms with Crippen LogP contribution in [0.15, 0.2) is 0 Å². The van der Waals surface area contributed by atoms with Crippen LogP contribution in [0.25, 0.3) is 0 Å². The van der Waals surface area contributed by atoms with Gasteiger partial charge in [-0.3, -0.25) is 4.79 Å². The minimum Gasteiger partial charge on any atom is -0.480 e. The van der Waals surface area contributed by atoms with Gasteiger partial charge in [0.15, 0.2) is 0 Å². The number of amides is 1. The molecule has 1 aliphatic carbocycles. The van der Waals surface area contributed by atoms with Gasteiger partial charge >= 0.3 is 5.97 Å². The van der Waals surface area contributed by atoms with Gasteiger partial charge in [-0.25, -0.2) is 4.79 Å². The van der Waals surface area contributed by atoms with Crippen LogP contribution >= 0.6 is 0 Å². The molecule has 5 heteroatoms. The lowest BCUT2D eigenvalue weighted by Gasteiger charge is -2.27. The predicted molar refractivity (Wildman–Crippen MR) is 64.7 cm³/mol. The zero-order chi connectivity index (χ0) is 12.9. The van der Waals surface area contributed by atoms with E-state index in [0.717, 1.165) is 19.4 Å². The van der Waals surface area contributed by atoms with Gasteiger partial charge in [0, 0.05) is 12.5 Å². The van der Waals surface area contributed by atoms with E-state index in [-0.39, 0.29) is 11.8 Å². The number of nitrogens with one attached hydrogen (secondary N) is 2. The van der Waals surface area contributed by atoms with Gasteiger partial charge in [0.05, 0.1) is 0 Å². The largest absolute Gasteiger partial charge is 0.480 e. The molecule has 17 heavy (non-hydrogen) atoms. The monoisotopic (exact) mass is 242 g/mol. The summed E-state index contributed by atoms with van der Waals surface area (Å²) in [6.07, 6.45) is 2.83. The molecule has 0 aromatic heterocycles. The van der Waals surface area contributed by atoms with Crippen molar-refractivity contribution in [2.45, 2.75) is 45.1 Å². The van der Waals surface area contributed by atoms with E-state index in [1.165, 1.54) is 0 Å². The van der Waals surface area contributed by atoms with E-state index >= 15 is 0 Å². The Morgan fingerprint density at radius 3 is 2.41 bits per heavy atom. The van der Waals surface area contributed by atoms with E-state index < -0.39 is 11.5 Å². The molecule has 0 bridgehead atoms. The molecule has 1 unspecified atom stereocenters. The molecule has 1 atom stereocenters. The van der Waals surface area contributed by atoms with E-state index in [0.29, 0.717) is 19.4 Å². The van der Waals surface area contributed by atoms with Crippen molar-refractivity contribution < 1.29 is 14.7 Å². The Kier molecular flexibility index (Phi) is 4.93. The van der Waals surface area contributed by atoms with E-state index in [9.17, 15) is 14.7 Å². The number of carboxylic acids is 1. The second kappa shape index (κ2) is 6.00. The molecule has 1 rings (SSSR count). The maximum atomic E-state index is 11.9. The third-order valence-electron chi connectivity index (χ3n) is 3.38. The molecular weight excluding hydrogens is 220 g/mol. The van der Waals surface area contributed by atoms with Crippen molar-refractivity contribution in [1.29, 1.82) is 0 Å². The first-order valence-corrected chi connectivity index (χ1v) is 6.28. The fourth-order valence-electron chi connectivity index (χ4n) is 2.18. The molecular formula is C12H22N2O3. The molecule has 1 amide bonds. The molecule has 3 N–H and O–H groups in total. The van der Waals surface area contributed by atoms with Crippen LogP contribution < -0.4 is 10.6 Å². The molecule has 0 heterocycles. The molecule has 0 spiro atoms. The molecule has 1 fully saturated rings. The average Bonchev–Trinajstić information content (AvgIpc) is 2.75. The molecule has 0 aromatic rings. The van der Waals surface area contributed by atoms with Crippen molar-refractivity contribution in [3.05, 3.63) is 0 Å². The topological polar surface area (TPSA) is 78.4 Å². The molecule has 1 aliphatic rings. The Balaban J connectivity index is 2.56. The summed E-state index contributed by atoms with van der Waals surface area (Å²) in [6, 6.07) is 0. The van der Waals surface area contributed by atoms with E-state index in [4.69, 9.17) is 0 Å². The van der Waals surface area contributed by atoms with Gasteiger partial charge in [-0.2, -0.15) is 0 Å². The minimum absolute atomic E-state index is 0.171. The predicted octanol–water partition coefficient (Wildman–Crippen LogP) is 0.746. The third kappa shape index (κ3) is 3.43. The van der Waals surface area contributed by atoms with Crippen molar-refractivity contribution >= 4 is 11.9 Å². The van der Waals surface area contributed by atoms with Crippen molar-refractivity contribution in [2.75, 3.05) is 13.1 Å². The van der Waals surface area contributed by atoms with Crippen molar-refractivity contribution in [1.82, 2.24) is 10.6 Å². The molecule has 0 radical (unpaired) electrons. The van der Waals surface area contributed by atoms with Crippen LogP contribution in [0.3, 0.4) is 0 Å². The second-order valence-electron chi connectivity index (χ2n) is 4.79. The normalized spacial score (nSPS) is 19.9. The highest BCUT2D eigenvalue weighted by Crippen LogP contribution is 2.30. The number of hydrogen-bond acceptors (Lipinski definition) is 3. The van der Waals surface area contributed by atoms with Crippen LogP contribution in [0.5, 0.6) is 0 Å². The average molecular weight is 242 g/mol. The van der Waals surface area contributed by atoms with Gasteiger partial charge < -0.3 is 15.7 Å². The summed E-state index contributed by atoms with van der Waals surface area (Å²) >= 11 is 0. The molecule has 0 aromatic carbocycles. The van der Waals surface area contributed by atoms with E-state index in [1.54, 1.807) is 0 Å². The first-order valence-electron chi connectivity index (χ1n) is 6.28. The first kappa shape index (κ1) is 14.0. The highest BCUT2D eigenvalue weighted by atomic mass is 16.4. The zero-order valence-electron chi connectivity index (χ0n) is 10.6. The summed E-state index contributed by atoms with van der Waals surface area (Å²) in [5, 5.41) is 15.0. The molecule has 1 saturated carbocycles. The summed E-state index contributed by atoms with van der Waals surface area (Å²) in [5.74, 6) is -1.28. The standard InChI is InChI=1S/C12H22N2O3/c1-3-13-8-9(2)10(15)14-12(11(16)17)6-4-5-7-12/h9,13H,3-8H2,1-2H3,(H,14,15)(H,16,17). The van der Waals surface area contributed by atoms with Crippen LogP contribution in [0.4, 0.5) is 0 Å². The Bertz CT molecular complexity index is 285. The van der Waals surface area contributed by atoms with Gasteiger partial charge in [0.1, 0.15) is 5.54 Å². The van der Waals surface area contributed by atoms with Gasteiger partial charge in [0.25, 0.3) is 0 Å². The fraction of sp³-hybridized carbons (Fsp3) is 0.833. The lowest BCUT2D eigenvalue weighted by molar-refractivity contribution is -0.148. The van der Waals surface area contributed by atoms with E-state index in [2.05, 4.69) is 10.6 Å². The summed E-state index contributed by atoms with van der Waals surface area (Å²) in [4.78, 5) is 23.2. The zero-order valence-corrected chi connectivity index (χ0v) is 10.6. The van der Waals surface area contributed by atoms with Crippen molar-refractivity contribution in [2.24, 2.45) is 5.92 Å². The lowest BCUT2D eigenvalue weighted by atomic mass is 9.96. The van der Waals surface area contributed by atoms with Gasteiger partial charge in [-0.1, -0.05) is 26.7 Å². The number of carbonyl (C=O) groups excluding carboxylic acids is 1. The number of hydrogen-bond donors (Lipinski definition) is 3. The summed E-state index contributed by atoms with van der Waals surface area (Å²) < 4.78 is 0. The Morgan fingerprint density at radius 1 is 1.35 bits per heavy atom. The van der Waals surface area contributed by atoms with Crippen molar-refractivity contribution in [3.8, 4) is 0 Å². The third-order valence-corrected chi connectivity index (χ3v) is 3.38. The quantitative estimate of drug-likeness (QED) is 0.642. The van der Waals surface area contributed by atoms with Gasteiger partial charge in [-0.15, -0.1) is 0 Å². The van der Waals surface area contributed by atoms with Crippen LogP contribution in [-0.4, -0.2) is 35.6 Å². The number of rotatable bonds is 6. The molecule has 5 nitrogen and oxygen atoms in total. The SMILES string of the molecule is CCNCC(C)C(=O)NC1(C(=O)O)CCCC1. The summed E-state index contributed by atoms with van der Waals surface area (Å²) in [5.41, 5.74) is -1.02. The molecule has 0 saturated heterocycles. The number of carbonyl (C=O) groups is 2. The minimum atomic E-state index is -1.02. The number of carboxylic acid groups (broad SMARTS) is 1. The Morgan fingerprint density at radius 2 is 1.94 bits per heavy atom. The molecule has 0 aliphatic heterocycles. The van der Waals surface area contributed by atoms with Crippen LogP contribution in [0, 0.1) is 5.92 Å². The van der Waals surface area contributed by atoms with Gasteiger partial charge in [-0.05, 0) is 19.4 Å². The molecule has 98 valence electrons. The number of aliphatic carboxylic acids is 1. The lowest BCUT2D eigenvalue weighted by Crippen LogP contribution is -2.54. The van der Waals surface area contributed by atoms with Crippen LogP contribution in [0.2, 0.25) is 0 Å². The highest BCUT2D eigenvalue weighted by Gasteiger charge is 2.43. The van der Waals surface area contributed by atoms with Gasteiger partial charge in [0.2, 0.25) is 5.91 Å². The van der Waals surface area contributed by atoms with E-state index in [1.807, 2.05) is 13.8 Å². The smallest absolute Gasteiger partial charge is 0.329 e. The highest BCUT2D eigenvalue weighted by molar-refractivity contribution is 5.88.